The molecule has 2 heteroatoms. The Morgan fingerprint density at radius 1 is 0.882 bits per heavy atom. The van der Waals surface area contributed by atoms with E-state index < -0.39 is 0 Å². The average molecular weight is 242 g/mol. The number of hydrogen-bond donors (Lipinski definition) is 2. The summed E-state index contributed by atoms with van der Waals surface area (Å²) in [4.78, 5) is 0. The van der Waals surface area contributed by atoms with Gasteiger partial charge in [-0.3, -0.25) is 0 Å². The number of nitrogens with two attached hydrogens (primary N) is 1. The van der Waals surface area contributed by atoms with Crippen LogP contribution in [0.2, 0.25) is 0 Å². The van der Waals surface area contributed by atoms with Crippen LogP contribution in [0.1, 0.15) is 72.1 Å². The van der Waals surface area contributed by atoms with Crippen LogP contribution >= 0.6 is 0 Å². The minimum atomic E-state index is 0.708. The zero-order chi connectivity index (χ0) is 12.9. The van der Waals surface area contributed by atoms with Crippen LogP contribution in [-0.2, 0) is 0 Å². The lowest BCUT2D eigenvalue weighted by atomic mass is 10.0. The number of unbranched alkanes of at least 4 members (excludes halogenated alkanes) is 6. The van der Waals surface area contributed by atoms with Crippen molar-refractivity contribution in [2.24, 2.45) is 11.7 Å². The first-order valence-corrected chi connectivity index (χ1v) is 7.65. The molecule has 0 aromatic rings. The highest BCUT2D eigenvalue weighted by molar-refractivity contribution is 4.68. The summed E-state index contributed by atoms with van der Waals surface area (Å²) < 4.78 is 0. The summed E-state index contributed by atoms with van der Waals surface area (Å²) in [6, 6.07) is 0.708. The summed E-state index contributed by atoms with van der Waals surface area (Å²) in [7, 11) is 0. The predicted octanol–water partition coefficient (Wildman–Crippen LogP) is 3.70. The molecule has 0 radical (unpaired) electrons. The van der Waals surface area contributed by atoms with Crippen molar-refractivity contribution >= 4 is 0 Å². The minimum Gasteiger partial charge on any atom is -0.330 e. The van der Waals surface area contributed by atoms with Crippen LogP contribution in [0.25, 0.3) is 0 Å². The van der Waals surface area contributed by atoms with E-state index in [4.69, 9.17) is 5.73 Å². The van der Waals surface area contributed by atoms with Crippen LogP contribution in [0, 0.1) is 5.92 Å². The van der Waals surface area contributed by atoms with E-state index in [1.807, 2.05) is 0 Å². The van der Waals surface area contributed by atoms with E-state index in [1.54, 1.807) is 0 Å². The highest BCUT2D eigenvalue weighted by atomic mass is 14.9. The Morgan fingerprint density at radius 3 is 1.88 bits per heavy atom. The molecule has 3 N–H and O–H groups in total. The van der Waals surface area contributed by atoms with Crippen molar-refractivity contribution in [3.8, 4) is 0 Å². The number of nitrogens with one attached hydrogen (secondary N) is 1. The molecule has 2 nitrogen and oxygen atoms in total. The van der Waals surface area contributed by atoms with Gasteiger partial charge in [0.2, 0.25) is 0 Å². The van der Waals surface area contributed by atoms with Crippen molar-refractivity contribution < 1.29 is 0 Å². The van der Waals surface area contributed by atoms with Gasteiger partial charge in [-0.25, -0.2) is 0 Å². The molecule has 0 heterocycles. The zero-order valence-electron chi connectivity index (χ0n) is 12.3. The monoisotopic (exact) mass is 242 g/mol. The van der Waals surface area contributed by atoms with E-state index in [2.05, 4.69) is 26.1 Å². The van der Waals surface area contributed by atoms with E-state index in [0.717, 1.165) is 12.5 Å². The van der Waals surface area contributed by atoms with Gasteiger partial charge in [0.05, 0.1) is 0 Å². The minimum absolute atomic E-state index is 0.708. The standard InChI is InChI=1S/C15H34N2/c1-4-15(14(2)3)17-13-11-9-7-5-6-8-10-12-16/h14-15,17H,4-13,16H2,1-3H3. The molecule has 1 atom stereocenters. The first-order valence-electron chi connectivity index (χ1n) is 7.65. The van der Waals surface area contributed by atoms with Gasteiger partial charge in [0, 0.05) is 6.04 Å². The molecule has 0 aromatic carbocycles. The molecule has 0 rings (SSSR count). The molecule has 0 aliphatic rings. The molecule has 0 bridgehead atoms. The Bertz CT molecular complexity index is 146. The van der Waals surface area contributed by atoms with Gasteiger partial charge in [-0.2, -0.15) is 0 Å². The molecule has 0 spiro atoms. The van der Waals surface area contributed by atoms with Gasteiger partial charge in [-0.05, 0) is 38.3 Å². The lowest BCUT2D eigenvalue weighted by molar-refractivity contribution is 0.383. The summed E-state index contributed by atoms with van der Waals surface area (Å²) in [5.41, 5.74) is 5.47. The molecule has 0 amide bonds. The lowest BCUT2D eigenvalue weighted by Gasteiger charge is -2.20. The van der Waals surface area contributed by atoms with Crippen molar-refractivity contribution in [2.45, 2.75) is 78.2 Å². The largest absolute Gasteiger partial charge is 0.330 e. The SMILES string of the molecule is CCC(NCCCCCCCCCN)C(C)C. The smallest absolute Gasteiger partial charge is 0.00874 e. The van der Waals surface area contributed by atoms with Crippen LogP contribution in [0.3, 0.4) is 0 Å². The van der Waals surface area contributed by atoms with Gasteiger partial charge in [-0.15, -0.1) is 0 Å². The topological polar surface area (TPSA) is 38.0 Å². The molecule has 0 saturated carbocycles. The molecule has 0 saturated heterocycles. The van der Waals surface area contributed by atoms with Crippen molar-refractivity contribution in [2.75, 3.05) is 13.1 Å². The lowest BCUT2D eigenvalue weighted by Crippen LogP contribution is -2.33. The van der Waals surface area contributed by atoms with E-state index in [9.17, 15) is 0 Å². The van der Waals surface area contributed by atoms with Crippen molar-refractivity contribution in [3.05, 3.63) is 0 Å². The van der Waals surface area contributed by atoms with Gasteiger partial charge >= 0.3 is 0 Å². The molecule has 0 aliphatic heterocycles. The van der Waals surface area contributed by atoms with E-state index in [-0.39, 0.29) is 0 Å². The second-order valence-corrected chi connectivity index (χ2v) is 5.48. The molecular formula is C15H34N2. The van der Waals surface area contributed by atoms with Crippen LogP contribution in [-0.4, -0.2) is 19.1 Å². The summed E-state index contributed by atoms with van der Waals surface area (Å²) in [6.07, 6.45) is 10.6. The first-order chi connectivity index (χ1) is 8.22. The fraction of sp³-hybridized carbons (Fsp3) is 1.00. The van der Waals surface area contributed by atoms with Crippen molar-refractivity contribution in [3.63, 3.8) is 0 Å². The third-order valence-corrected chi connectivity index (χ3v) is 3.53. The molecule has 0 aliphatic carbocycles. The van der Waals surface area contributed by atoms with Crippen molar-refractivity contribution in [1.82, 2.24) is 5.32 Å². The predicted molar refractivity (Wildman–Crippen MR) is 78.3 cm³/mol. The maximum Gasteiger partial charge on any atom is 0.00874 e. The second-order valence-electron chi connectivity index (χ2n) is 5.48. The molecule has 0 aromatic heterocycles. The normalized spacial score (nSPS) is 13.2. The Balaban J connectivity index is 3.17. The molecule has 1 unspecified atom stereocenters. The Morgan fingerprint density at radius 2 is 1.41 bits per heavy atom. The number of rotatable bonds is 12. The zero-order valence-corrected chi connectivity index (χ0v) is 12.3. The highest BCUT2D eigenvalue weighted by Crippen LogP contribution is 2.08. The van der Waals surface area contributed by atoms with Crippen LogP contribution in [0.4, 0.5) is 0 Å². The average Bonchev–Trinajstić information content (AvgIpc) is 2.31. The van der Waals surface area contributed by atoms with E-state index in [0.29, 0.717) is 6.04 Å². The highest BCUT2D eigenvalue weighted by Gasteiger charge is 2.08. The molecule has 17 heavy (non-hydrogen) atoms. The third-order valence-electron chi connectivity index (χ3n) is 3.53. The second kappa shape index (κ2) is 12.4. The summed E-state index contributed by atoms with van der Waals surface area (Å²) >= 11 is 0. The Hall–Kier alpha value is -0.0800. The molecule has 0 fully saturated rings. The van der Waals surface area contributed by atoms with Gasteiger partial charge in [-0.1, -0.05) is 52.9 Å². The molecular weight excluding hydrogens is 208 g/mol. The fourth-order valence-electron chi connectivity index (χ4n) is 2.29. The van der Waals surface area contributed by atoms with Gasteiger partial charge in [0.1, 0.15) is 0 Å². The summed E-state index contributed by atoms with van der Waals surface area (Å²) in [6.45, 7) is 8.93. The van der Waals surface area contributed by atoms with Gasteiger partial charge in [0.25, 0.3) is 0 Å². The van der Waals surface area contributed by atoms with Crippen molar-refractivity contribution in [1.29, 1.82) is 0 Å². The maximum absolute atomic E-state index is 5.47. The van der Waals surface area contributed by atoms with Crippen LogP contribution < -0.4 is 11.1 Å². The van der Waals surface area contributed by atoms with Gasteiger partial charge < -0.3 is 11.1 Å². The number of hydrogen-bond acceptors (Lipinski definition) is 2. The Kier molecular flexibility index (Phi) is 12.3. The van der Waals surface area contributed by atoms with Gasteiger partial charge in [0.15, 0.2) is 0 Å². The van der Waals surface area contributed by atoms with E-state index in [1.165, 1.54) is 57.9 Å². The third kappa shape index (κ3) is 10.8. The maximum atomic E-state index is 5.47. The Labute approximate surface area is 109 Å². The van der Waals surface area contributed by atoms with Crippen LogP contribution in [0.15, 0.2) is 0 Å². The van der Waals surface area contributed by atoms with E-state index >= 15 is 0 Å². The van der Waals surface area contributed by atoms with Crippen LogP contribution in [0.5, 0.6) is 0 Å². The first kappa shape index (κ1) is 16.9. The molecule has 104 valence electrons. The summed E-state index contributed by atoms with van der Waals surface area (Å²) in [5.74, 6) is 0.760. The fourth-order valence-corrected chi connectivity index (χ4v) is 2.29. The summed E-state index contributed by atoms with van der Waals surface area (Å²) in [5, 5.41) is 3.66. The quantitative estimate of drug-likeness (QED) is 0.512.